The maximum Gasteiger partial charge on any atom is 0.410 e. The lowest BCUT2D eigenvalue weighted by atomic mass is 9.91. The van der Waals surface area contributed by atoms with E-state index in [2.05, 4.69) is 54.9 Å². The van der Waals surface area contributed by atoms with E-state index in [1.165, 1.54) is 0 Å². The van der Waals surface area contributed by atoms with Crippen LogP contribution in [0, 0.1) is 5.92 Å². The Bertz CT molecular complexity index is 1270. The lowest BCUT2D eigenvalue weighted by molar-refractivity contribution is -0.0366. The van der Waals surface area contributed by atoms with Crippen molar-refractivity contribution in [3.63, 3.8) is 0 Å². The fraction of sp³-hybridized carbons (Fsp3) is 0.758. The molecule has 44 heavy (non-hydrogen) atoms. The molecule has 1 aromatic carbocycles. The number of aromatic nitrogens is 2. The van der Waals surface area contributed by atoms with Crippen LogP contribution in [-0.4, -0.2) is 73.7 Å². The summed E-state index contributed by atoms with van der Waals surface area (Å²) in [6.45, 7) is 20.4. The number of rotatable bonds is 10. The van der Waals surface area contributed by atoms with Gasteiger partial charge in [0.1, 0.15) is 5.60 Å². The zero-order valence-electron chi connectivity index (χ0n) is 28.0. The Morgan fingerprint density at radius 2 is 1.91 bits per heavy atom. The average molecular weight is 715 g/mol. The van der Waals surface area contributed by atoms with Gasteiger partial charge in [-0.05, 0) is 111 Å². The molecule has 0 aliphatic carbocycles. The van der Waals surface area contributed by atoms with Gasteiger partial charge in [-0.2, -0.15) is 5.10 Å². The van der Waals surface area contributed by atoms with Crippen LogP contribution in [-0.2, 0) is 25.1 Å². The first kappa shape index (κ1) is 35.7. The second-order valence-electron chi connectivity index (χ2n) is 14.9. The third-order valence-electron chi connectivity index (χ3n) is 9.25. The molecule has 0 saturated carbocycles. The number of halogens is 2. The summed E-state index contributed by atoms with van der Waals surface area (Å²) in [4.78, 5) is 14.8. The SMILES string of the molecule is CC(C)(C)OC(=O)N1CCC[C@@H](C(CCOCCc2c(Cl)cc3c(cnn3C3CCCCO3)c2Br)O[Si](C)(C)C(C)(C)C)C1. The van der Waals surface area contributed by atoms with Gasteiger partial charge in [0.25, 0.3) is 0 Å². The number of piperidine rings is 1. The van der Waals surface area contributed by atoms with Crippen LogP contribution >= 0.6 is 27.5 Å². The van der Waals surface area contributed by atoms with Crippen LogP contribution in [0.2, 0.25) is 23.2 Å². The topological polar surface area (TPSA) is 75.0 Å². The van der Waals surface area contributed by atoms with Gasteiger partial charge in [-0.3, -0.25) is 0 Å². The zero-order valence-corrected chi connectivity index (χ0v) is 31.4. The number of fused-ring (bicyclic) bond motifs is 1. The van der Waals surface area contributed by atoms with E-state index in [9.17, 15) is 4.79 Å². The third kappa shape index (κ3) is 9.00. The van der Waals surface area contributed by atoms with E-state index in [0.717, 1.165) is 72.6 Å². The highest BCUT2D eigenvalue weighted by atomic mass is 79.9. The van der Waals surface area contributed by atoms with Crippen LogP contribution in [0.3, 0.4) is 0 Å². The minimum Gasteiger partial charge on any atom is -0.444 e. The van der Waals surface area contributed by atoms with Crippen LogP contribution < -0.4 is 0 Å². The Morgan fingerprint density at radius 3 is 2.57 bits per heavy atom. The molecule has 0 bridgehead atoms. The molecule has 2 aliphatic rings. The lowest BCUT2D eigenvalue weighted by Gasteiger charge is -2.44. The molecule has 248 valence electrons. The quantitative estimate of drug-likeness (QED) is 0.181. The van der Waals surface area contributed by atoms with Crippen molar-refractivity contribution in [3.8, 4) is 0 Å². The second-order valence-corrected chi connectivity index (χ2v) is 20.8. The largest absolute Gasteiger partial charge is 0.444 e. The number of carbonyl (C=O) groups excluding carboxylic acids is 1. The first-order valence-corrected chi connectivity index (χ1v) is 20.3. The minimum absolute atomic E-state index is 0.0145. The van der Waals surface area contributed by atoms with Gasteiger partial charge in [0.15, 0.2) is 14.5 Å². The van der Waals surface area contributed by atoms with Crippen LogP contribution in [0.25, 0.3) is 10.9 Å². The highest BCUT2D eigenvalue weighted by Gasteiger charge is 2.42. The lowest BCUT2D eigenvalue weighted by Crippen LogP contribution is -2.50. The van der Waals surface area contributed by atoms with Crippen molar-refractivity contribution in [2.45, 2.75) is 123 Å². The van der Waals surface area contributed by atoms with Gasteiger partial charge in [0.05, 0.1) is 24.4 Å². The predicted octanol–water partition coefficient (Wildman–Crippen LogP) is 9.14. The smallest absolute Gasteiger partial charge is 0.410 e. The zero-order chi connectivity index (χ0) is 32.3. The van der Waals surface area contributed by atoms with Gasteiger partial charge < -0.3 is 23.5 Å². The summed E-state index contributed by atoms with van der Waals surface area (Å²) < 4.78 is 27.8. The maximum atomic E-state index is 12.9. The monoisotopic (exact) mass is 713 g/mol. The number of likely N-dealkylation sites (tertiary alicyclic amines) is 1. The van der Waals surface area contributed by atoms with Gasteiger partial charge in [-0.15, -0.1) is 0 Å². The normalized spacial score (nSPS) is 21.1. The number of amides is 1. The molecule has 8 nitrogen and oxygen atoms in total. The predicted molar refractivity (Wildman–Crippen MR) is 183 cm³/mol. The van der Waals surface area contributed by atoms with Crippen LogP contribution in [0.15, 0.2) is 16.7 Å². The molecule has 3 heterocycles. The van der Waals surface area contributed by atoms with Crippen molar-refractivity contribution in [1.29, 1.82) is 0 Å². The fourth-order valence-electron chi connectivity index (χ4n) is 5.76. The van der Waals surface area contributed by atoms with Crippen molar-refractivity contribution >= 4 is 52.8 Å². The number of nitrogens with zero attached hydrogens (tertiary/aromatic N) is 3. The summed E-state index contributed by atoms with van der Waals surface area (Å²) in [7, 11) is -2.04. The van der Waals surface area contributed by atoms with E-state index in [-0.39, 0.29) is 29.4 Å². The molecule has 2 aromatic rings. The molecule has 11 heteroatoms. The standard InChI is InChI=1S/C33H53BrClN3O5Si/c1-32(2,3)42-31(39)37-16-11-12-23(22-37)28(43-44(7,8)33(4,5)6)15-19-40-18-14-24-26(35)20-27-25(30(24)34)21-36-38(27)29-13-9-10-17-41-29/h20-21,23,28-29H,9-19,22H2,1-8H3/t23-,28?,29?/m1/s1. The Labute approximate surface area is 278 Å². The molecule has 2 unspecified atom stereocenters. The van der Waals surface area contributed by atoms with E-state index >= 15 is 0 Å². The van der Waals surface area contributed by atoms with Gasteiger partial charge in [-0.25, -0.2) is 9.48 Å². The van der Waals surface area contributed by atoms with E-state index in [1.807, 2.05) is 42.6 Å². The molecule has 2 saturated heterocycles. The molecule has 1 amide bonds. The average Bonchev–Trinajstić information content (AvgIpc) is 3.36. The first-order chi connectivity index (χ1) is 20.6. The molecule has 0 N–H and O–H groups in total. The minimum atomic E-state index is -2.04. The number of carbonyl (C=O) groups is 1. The van der Waals surface area contributed by atoms with E-state index in [0.29, 0.717) is 31.2 Å². The third-order valence-corrected chi connectivity index (χ3v) is 15.0. The van der Waals surface area contributed by atoms with Crippen molar-refractivity contribution < 1.29 is 23.4 Å². The Balaban J connectivity index is 1.38. The van der Waals surface area contributed by atoms with Crippen molar-refractivity contribution in [1.82, 2.24) is 14.7 Å². The van der Waals surface area contributed by atoms with E-state index in [4.69, 9.17) is 30.2 Å². The van der Waals surface area contributed by atoms with E-state index in [1.54, 1.807) is 0 Å². The number of benzene rings is 1. The summed E-state index contributed by atoms with van der Waals surface area (Å²) in [5, 5.41) is 6.47. The Kier molecular flexibility index (Phi) is 11.9. The summed E-state index contributed by atoms with van der Waals surface area (Å²) in [6.07, 6.45) is 8.27. The highest BCUT2D eigenvalue weighted by Crippen LogP contribution is 2.40. The molecule has 4 rings (SSSR count). The van der Waals surface area contributed by atoms with Gasteiger partial charge >= 0.3 is 6.09 Å². The number of hydrogen-bond donors (Lipinski definition) is 0. The molecule has 3 atom stereocenters. The highest BCUT2D eigenvalue weighted by molar-refractivity contribution is 9.10. The number of hydrogen-bond acceptors (Lipinski definition) is 6. The summed E-state index contributed by atoms with van der Waals surface area (Å²) in [5.74, 6) is 0.240. The molecular weight excluding hydrogens is 662 g/mol. The second kappa shape index (κ2) is 14.7. The first-order valence-electron chi connectivity index (χ1n) is 16.3. The molecule has 2 fully saturated rings. The van der Waals surface area contributed by atoms with Crippen molar-refractivity contribution in [2.24, 2.45) is 5.92 Å². The van der Waals surface area contributed by atoms with Gasteiger partial charge in [-0.1, -0.05) is 32.4 Å². The summed E-state index contributed by atoms with van der Waals surface area (Å²) in [6, 6.07) is 2.00. The summed E-state index contributed by atoms with van der Waals surface area (Å²) in [5.41, 5.74) is 1.50. The molecule has 1 aromatic heterocycles. The maximum absolute atomic E-state index is 12.9. The van der Waals surface area contributed by atoms with Gasteiger partial charge in [0.2, 0.25) is 0 Å². The Hall–Kier alpha value is -1.17. The summed E-state index contributed by atoms with van der Waals surface area (Å²) >= 11 is 10.6. The van der Waals surface area contributed by atoms with Crippen LogP contribution in [0.1, 0.15) is 91.9 Å². The number of ether oxygens (including phenoxy) is 3. The van der Waals surface area contributed by atoms with Crippen LogP contribution in [0.5, 0.6) is 0 Å². The van der Waals surface area contributed by atoms with Crippen molar-refractivity contribution in [3.05, 3.63) is 27.3 Å². The Morgan fingerprint density at radius 1 is 1.16 bits per heavy atom. The van der Waals surface area contributed by atoms with Gasteiger partial charge in [0, 0.05) is 47.1 Å². The van der Waals surface area contributed by atoms with Crippen molar-refractivity contribution in [2.75, 3.05) is 32.9 Å². The molecule has 2 aliphatic heterocycles. The fourth-order valence-corrected chi connectivity index (χ4v) is 8.31. The molecule has 0 spiro atoms. The molecule has 0 radical (unpaired) electrons. The van der Waals surface area contributed by atoms with E-state index < -0.39 is 13.9 Å². The van der Waals surface area contributed by atoms with Crippen LogP contribution in [0.4, 0.5) is 4.79 Å². The molecular formula is C33H53BrClN3O5Si.